The lowest BCUT2D eigenvalue weighted by molar-refractivity contribution is -0.135. The minimum atomic E-state index is -0.405. The molecule has 2 heterocycles. The van der Waals surface area contributed by atoms with Crippen LogP contribution in [0.4, 0.5) is 0 Å². The molecule has 20 heavy (non-hydrogen) atoms. The average Bonchev–Trinajstić information content (AvgIpc) is 2.87. The molecule has 0 radical (unpaired) electrons. The Kier molecular flexibility index (Phi) is 4.75. The van der Waals surface area contributed by atoms with Crippen LogP contribution in [0.5, 0.6) is 0 Å². The van der Waals surface area contributed by atoms with E-state index in [1.807, 2.05) is 20.0 Å². The Morgan fingerprint density at radius 1 is 1.50 bits per heavy atom. The van der Waals surface area contributed by atoms with Crippen molar-refractivity contribution in [1.29, 1.82) is 0 Å². The molecule has 6 heteroatoms. The predicted molar refractivity (Wildman–Crippen MR) is 78.5 cm³/mol. The summed E-state index contributed by atoms with van der Waals surface area (Å²) in [6, 6.07) is -0.479. The molecule has 0 saturated carbocycles. The highest BCUT2D eigenvalue weighted by Crippen LogP contribution is 2.27. The van der Waals surface area contributed by atoms with Gasteiger partial charge in [0.2, 0.25) is 11.8 Å². The number of hydrogen-bond acceptors (Lipinski definition) is 4. The van der Waals surface area contributed by atoms with Crippen LogP contribution in [-0.4, -0.2) is 34.3 Å². The Morgan fingerprint density at radius 3 is 2.85 bits per heavy atom. The van der Waals surface area contributed by atoms with E-state index in [1.54, 1.807) is 16.2 Å². The second-order valence-electron chi connectivity index (χ2n) is 5.00. The molecule has 110 valence electrons. The number of rotatable bonds is 4. The van der Waals surface area contributed by atoms with Gasteiger partial charge < -0.3 is 10.2 Å². The lowest BCUT2D eigenvalue weighted by atomic mass is 10.2. The van der Waals surface area contributed by atoms with Crippen molar-refractivity contribution in [2.45, 2.75) is 52.1 Å². The smallest absolute Gasteiger partial charge is 0.245 e. The maximum atomic E-state index is 12.5. The van der Waals surface area contributed by atoms with E-state index in [1.165, 1.54) is 4.88 Å². The minimum Gasteiger partial charge on any atom is -0.344 e. The van der Waals surface area contributed by atoms with Gasteiger partial charge in [0.05, 0.1) is 6.04 Å². The summed E-state index contributed by atoms with van der Waals surface area (Å²) in [5, 5.41) is 3.73. The van der Waals surface area contributed by atoms with E-state index in [0.717, 1.165) is 11.4 Å². The molecular formula is C14H21N3O2S. The van der Waals surface area contributed by atoms with Crippen LogP contribution < -0.4 is 5.32 Å². The van der Waals surface area contributed by atoms with Gasteiger partial charge in [-0.05, 0) is 19.8 Å². The summed E-state index contributed by atoms with van der Waals surface area (Å²) in [4.78, 5) is 31.6. The van der Waals surface area contributed by atoms with E-state index >= 15 is 0 Å². The van der Waals surface area contributed by atoms with E-state index in [2.05, 4.69) is 17.2 Å². The van der Waals surface area contributed by atoms with Crippen molar-refractivity contribution >= 4 is 23.2 Å². The summed E-state index contributed by atoms with van der Waals surface area (Å²) in [7, 11) is 0. The Bertz CT molecular complexity index is 500. The fraction of sp³-hybridized carbons (Fsp3) is 0.643. The summed E-state index contributed by atoms with van der Waals surface area (Å²) in [6.45, 7) is 6.45. The highest BCUT2D eigenvalue weighted by Gasteiger charge is 2.32. The van der Waals surface area contributed by atoms with Gasteiger partial charge in [-0.2, -0.15) is 0 Å². The van der Waals surface area contributed by atoms with Gasteiger partial charge in [-0.15, -0.1) is 11.3 Å². The zero-order chi connectivity index (χ0) is 14.7. The summed E-state index contributed by atoms with van der Waals surface area (Å²) in [5.41, 5.74) is 0. The summed E-state index contributed by atoms with van der Waals surface area (Å²) < 4.78 is 0. The maximum Gasteiger partial charge on any atom is 0.245 e. The van der Waals surface area contributed by atoms with Crippen LogP contribution in [0.3, 0.4) is 0 Å². The molecular weight excluding hydrogens is 274 g/mol. The second-order valence-corrected chi connectivity index (χ2v) is 6.15. The van der Waals surface area contributed by atoms with Crippen LogP contribution in [0.1, 0.15) is 49.5 Å². The molecule has 2 rings (SSSR count). The molecule has 1 saturated heterocycles. The van der Waals surface area contributed by atoms with Gasteiger partial charge in [0.25, 0.3) is 0 Å². The van der Waals surface area contributed by atoms with Crippen molar-refractivity contribution in [3.63, 3.8) is 0 Å². The zero-order valence-corrected chi connectivity index (χ0v) is 13.0. The standard InChI is InChI=1S/C14H21N3O2S/c1-4-10-8-15-13(20-10)9(3)17-7-6-12(18)16-11(5-2)14(17)19/h8-9,11H,4-7H2,1-3H3,(H,16,18). The molecule has 0 aliphatic carbocycles. The van der Waals surface area contributed by atoms with Gasteiger partial charge >= 0.3 is 0 Å². The molecule has 0 bridgehead atoms. The topological polar surface area (TPSA) is 62.3 Å². The second kappa shape index (κ2) is 6.35. The molecule has 2 atom stereocenters. The fourth-order valence-electron chi connectivity index (χ4n) is 2.33. The highest BCUT2D eigenvalue weighted by atomic mass is 32.1. The molecule has 1 N–H and O–H groups in total. The first-order valence-electron chi connectivity index (χ1n) is 7.11. The van der Waals surface area contributed by atoms with E-state index in [9.17, 15) is 9.59 Å². The zero-order valence-electron chi connectivity index (χ0n) is 12.2. The lowest BCUT2D eigenvalue weighted by Crippen LogP contribution is -2.45. The largest absolute Gasteiger partial charge is 0.344 e. The predicted octanol–water partition coefficient (Wildman–Crippen LogP) is 1.89. The molecule has 2 unspecified atom stereocenters. The molecule has 1 fully saturated rings. The number of nitrogens with one attached hydrogen (secondary N) is 1. The number of carbonyl (C=O) groups excluding carboxylic acids is 2. The van der Waals surface area contributed by atoms with E-state index in [-0.39, 0.29) is 17.9 Å². The van der Waals surface area contributed by atoms with Crippen LogP contribution in [-0.2, 0) is 16.0 Å². The molecule has 2 amide bonds. The number of hydrogen-bond donors (Lipinski definition) is 1. The Balaban J connectivity index is 2.20. The van der Waals surface area contributed by atoms with Crippen molar-refractivity contribution in [1.82, 2.24) is 15.2 Å². The Labute approximate surface area is 123 Å². The van der Waals surface area contributed by atoms with Gasteiger partial charge in [0, 0.05) is 24.0 Å². The summed E-state index contributed by atoms with van der Waals surface area (Å²) in [5.74, 6) is -0.0487. The first-order valence-corrected chi connectivity index (χ1v) is 7.92. The number of thiazole rings is 1. The van der Waals surface area contributed by atoms with E-state index in [4.69, 9.17) is 0 Å². The number of amides is 2. The van der Waals surface area contributed by atoms with Gasteiger partial charge in [-0.25, -0.2) is 4.98 Å². The first-order chi connectivity index (χ1) is 9.56. The van der Waals surface area contributed by atoms with Gasteiger partial charge in [0.15, 0.2) is 0 Å². The SMILES string of the molecule is CCc1cnc(C(C)N2CCC(=O)NC(CC)C2=O)s1. The molecule has 1 aromatic rings. The van der Waals surface area contributed by atoms with Crippen molar-refractivity contribution in [2.24, 2.45) is 0 Å². The molecule has 0 aromatic carbocycles. The number of carbonyl (C=O) groups is 2. The third kappa shape index (κ3) is 3.00. The van der Waals surface area contributed by atoms with E-state index < -0.39 is 6.04 Å². The van der Waals surface area contributed by atoms with Crippen LogP contribution >= 0.6 is 11.3 Å². The van der Waals surface area contributed by atoms with Crippen LogP contribution in [0.25, 0.3) is 0 Å². The normalized spacial score (nSPS) is 21.6. The average molecular weight is 295 g/mol. The minimum absolute atomic E-state index is 0.000835. The molecule has 0 spiro atoms. The third-order valence-electron chi connectivity index (χ3n) is 3.65. The molecule has 1 aliphatic rings. The van der Waals surface area contributed by atoms with Crippen molar-refractivity contribution in [2.75, 3.05) is 6.54 Å². The van der Waals surface area contributed by atoms with Crippen molar-refractivity contribution in [3.8, 4) is 0 Å². The molecule has 1 aromatic heterocycles. The lowest BCUT2D eigenvalue weighted by Gasteiger charge is -2.28. The maximum absolute atomic E-state index is 12.5. The monoisotopic (exact) mass is 295 g/mol. The van der Waals surface area contributed by atoms with Crippen molar-refractivity contribution < 1.29 is 9.59 Å². The van der Waals surface area contributed by atoms with Gasteiger partial charge in [-0.1, -0.05) is 13.8 Å². The van der Waals surface area contributed by atoms with Crippen molar-refractivity contribution in [3.05, 3.63) is 16.1 Å². The number of aryl methyl sites for hydroxylation is 1. The van der Waals surface area contributed by atoms with Crippen LogP contribution in [0.2, 0.25) is 0 Å². The first kappa shape index (κ1) is 15.0. The third-order valence-corrected chi connectivity index (χ3v) is 4.96. The highest BCUT2D eigenvalue weighted by molar-refractivity contribution is 7.11. The number of aromatic nitrogens is 1. The molecule has 1 aliphatic heterocycles. The van der Waals surface area contributed by atoms with E-state index in [0.29, 0.717) is 19.4 Å². The van der Waals surface area contributed by atoms with Gasteiger partial charge in [0.1, 0.15) is 11.0 Å². The summed E-state index contributed by atoms with van der Waals surface area (Å²) in [6.07, 6.45) is 3.81. The summed E-state index contributed by atoms with van der Waals surface area (Å²) >= 11 is 1.64. The Hall–Kier alpha value is -1.43. The van der Waals surface area contributed by atoms with Gasteiger partial charge in [-0.3, -0.25) is 9.59 Å². The van der Waals surface area contributed by atoms with Crippen LogP contribution in [0, 0.1) is 0 Å². The molecule has 5 nitrogen and oxygen atoms in total. The van der Waals surface area contributed by atoms with Crippen LogP contribution in [0.15, 0.2) is 6.20 Å². The number of nitrogens with zero attached hydrogens (tertiary/aromatic N) is 2. The fourth-order valence-corrected chi connectivity index (χ4v) is 3.26. The quantitative estimate of drug-likeness (QED) is 0.922. The Morgan fingerprint density at radius 2 is 2.25 bits per heavy atom.